The van der Waals surface area contributed by atoms with E-state index in [4.69, 9.17) is 0 Å². The fourth-order valence-corrected chi connectivity index (χ4v) is 2.37. The van der Waals surface area contributed by atoms with Crippen LogP contribution in [0.3, 0.4) is 0 Å². The van der Waals surface area contributed by atoms with E-state index < -0.39 is 10.9 Å². The highest BCUT2D eigenvalue weighted by molar-refractivity contribution is 5.93. The molecule has 0 aliphatic carbocycles. The van der Waals surface area contributed by atoms with Gasteiger partial charge in [0.2, 0.25) is 0 Å². The zero-order valence-electron chi connectivity index (χ0n) is 12.0. The van der Waals surface area contributed by atoms with Gasteiger partial charge in [-0.15, -0.1) is 0 Å². The van der Waals surface area contributed by atoms with Crippen molar-refractivity contribution in [2.45, 2.75) is 27.7 Å². The standard InChI is InChI=1S/C13H14N4O4/c1-6-5-10(11(13(18)19)7(2)14-6)16-9(4)12(17(20)21)8(3)15-16/h5H,1-4H3,(H,18,19). The van der Waals surface area contributed by atoms with Gasteiger partial charge in [0.25, 0.3) is 0 Å². The predicted molar refractivity (Wildman–Crippen MR) is 73.9 cm³/mol. The van der Waals surface area contributed by atoms with Crippen molar-refractivity contribution >= 4 is 11.7 Å². The van der Waals surface area contributed by atoms with Crippen molar-refractivity contribution in [1.82, 2.24) is 14.8 Å². The van der Waals surface area contributed by atoms with Crippen LogP contribution in [0.25, 0.3) is 5.69 Å². The molecule has 0 bridgehead atoms. The second kappa shape index (κ2) is 4.97. The number of hydrogen-bond acceptors (Lipinski definition) is 5. The number of aromatic nitrogens is 3. The largest absolute Gasteiger partial charge is 0.478 e. The van der Waals surface area contributed by atoms with Gasteiger partial charge in [-0.25, -0.2) is 9.48 Å². The van der Waals surface area contributed by atoms with Gasteiger partial charge in [-0.3, -0.25) is 15.1 Å². The van der Waals surface area contributed by atoms with Crippen LogP contribution in [0.4, 0.5) is 5.69 Å². The number of carbonyl (C=O) groups is 1. The van der Waals surface area contributed by atoms with Gasteiger partial charge in [0.1, 0.15) is 17.0 Å². The summed E-state index contributed by atoms with van der Waals surface area (Å²) in [5.74, 6) is -1.15. The number of nitro groups is 1. The summed E-state index contributed by atoms with van der Waals surface area (Å²) in [6.45, 7) is 6.36. The Morgan fingerprint density at radius 1 is 1.29 bits per heavy atom. The van der Waals surface area contributed by atoms with Gasteiger partial charge in [-0.2, -0.15) is 5.10 Å². The molecule has 0 aliphatic rings. The van der Waals surface area contributed by atoms with Crippen LogP contribution in [-0.2, 0) is 0 Å². The molecular formula is C13H14N4O4. The number of aromatic carboxylic acids is 1. The number of carboxylic acids is 1. The lowest BCUT2D eigenvalue weighted by Gasteiger charge is -2.11. The Morgan fingerprint density at radius 2 is 1.90 bits per heavy atom. The zero-order chi connectivity index (χ0) is 15.9. The van der Waals surface area contributed by atoms with Crippen LogP contribution in [0, 0.1) is 37.8 Å². The van der Waals surface area contributed by atoms with E-state index in [1.54, 1.807) is 19.9 Å². The number of rotatable bonds is 3. The molecule has 0 atom stereocenters. The smallest absolute Gasteiger partial charge is 0.339 e. The molecule has 2 rings (SSSR count). The van der Waals surface area contributed by atoms with Crippen LogP contribution in [0.2, 0.25) is 0 Å². The summed E-state index contributed by atoms with van der Waals surface area (Å²) < 4.78 is 1.29. The lowest BCUT2D eigenvalue weighted by atomic mass is 10.1. The van der Waals surface area contributed by atoms with Crippen molar-refractivity contribution in [2.24, 2.45) is 0 Å². The lowest BCUT2D eigenvalue weighted by molar-refractivity contribution is -0.386. The molecule has 8 nitrogen and oxygen atoms in total. The van der Waals surface area contributed by atoms with E-state index in [9.17, 15) is 20.0 Å². The summed E-state index contributed by atoms with van der Waals surface area (Å²) in [6.07, 6.45) is 0. The fraction of sp³-hybridized carbons (Fsp3) is 0.308. The van der Waals surface area contributed by atoms with Gasteiger partial charge in [0, 0.05) is 5.69 Å². The van der Waals surface area contributed by atoms with Crippen LogP contribution in [-0.4, -0.2) is 30.8 Å². The number of nitrogens with zero attached hydrogens (tertiary/aromatic N) is 4. The van der Waals surface area contributed by atoms with Crippen LogP contribution in [0.15, 0.2) is 6.07 Å². The number of carboxylic acid groups (broad SMARTS) is 1. The third-order valence-corrected chi connectivity index (χ3v) is 3.19. The minimum Gasteiger partial charge on any atom is -0.478 e. The van der Waals surface area contributed by atoms with Crippen LogP contribution in [0.5, 0.6) is 0 Å². The summed E-state index contributed by atoms with van der Waals surface area (Å²) in [4.78, 5) is 26.1. The maximum absolute atomic E-state index is 11.4. The maximum atomic E-state index is 11.4. The highest BCUT2D eigenvalue weighted by atomic mass is 16.6. The molecule has 21 heavy (non-hydrogen) atoms. The normalized spacial score (nSPS) is 10.7. The van der Waals surface area contributed by atoms with Gasteiger partial charge in [0.05, 0.1) is 16.3 Å². The quantitative estimate of drug-likeness (QED) is 0.684. The molecule has 0 unspecified atom stereocenters. The van der Waals surface area contributed by atoms with Crippen molar-refractivity contribution in [1.29, 1.82) is 0 Å². The summed E-state index contributed by atoms with van der Waals surface area (Å²) in [7, 11) is 0. The van der Waals surface area contributed by atoms with E-state index >= 15 is 0 Å². The summed E-state index contributed by atoms with van der Waals surface area (Å²) in [5, 5.41) is 24.5. The van der Waals surface area contributed by atoms with E-state index in [1.807, 2.05) is 0 Å². The molecule has 2 aromatic heterocycles. The third kappa shape index (κ3) is 2.35. The van der Waals surface area contributed by atoms with E-state index in [2.05, 4.69) is 10.1 Å². The first kappa shape index (κ1) is 14.6. The molecule has 0 fully saturated rings. The molecule has 0 saturated carbocycles. The highest BCUT2D eigenvalue weighted by Gasteiger charge is 2.26. The summed E-state index contributed by atoms with van der Waals surface area (Å²) in [6, 6.07) is 1.56. The van der Waals surface area contributed by atoms with Crippen molar-refractivity contribution in [2.75, 3.05) is 0 Å². The first-order chi connectivity index (χ1) is 9.73. The summed E-state index contributed by atoms with van der Waals surface area (Å²) >= 11 is 0. The zero-order valence-corrected chi connectivity index (χ0v) is 12.0. The minimum atomic E-state index is -1.15. The molecule has 0 amide bonds. The van der Waals surface area contributed by atoms with Crippen molar-refractivity contribution in [3.8, 4) is 5.69 Å². The number of hydrogen-bond donors (Lipinski definition) is 1. The maximum Gasteiger partial charge on any atom is 0.339 e. The van der Waals surface area contributed by atoms with Gasteiger partial charge in [0.15, 0.2) is 0 Å². The predicted octanol–water partition coefficient (Wildman–Crippen LogP) is 2.11. The van der Waals surface area contributed by atoms with E-state index in [0.29, 0.717) is 11.4 Å². The topological polar surface area (TPSA) is 111 Å². The Hall–Kier alpha value is -2.77. The number of pyridine rings is 1. The Bertz CT molecular complexity index is 764. The average Bonchev–Trinajstić information content (AvgIpc) is 2.62. The SMILES string of the molecule is Cc1cc(-n2nc(C)c([N+](=O)[O-])c2C)c(C(=O)O)c(C)n1. The second-order valence-electron chi connectivity index (χ2n) is 4.74. The Morgan fingerprint density at radius 3 is 2.38 bits per heavy atom. The van der Waals surface area contributed by atoms with Crippen LogP contribution in [0.1, 0.15) is 33.1 Å². The number of aryl methyl sites for hydroxylation is 3. The van der Waals surface area contributed by atoms with Gasteiger partial charge < -0.3 is 5.11 Å². The van der Waals surface area contributed by atoms with Crippen molar-refractivity contribution in [3.05, 3.63) is 44.5 Å². The van der Waals surface area contributed by atoms with E-state index in [1.165, 1.54) is 18.5 Å². The van der Waals surface area contributed by atoms with Crippen LogP contribution < -0.4 is 0 Å². The molecule has 0 aromatic carbocycles. The van der Waals surface area contributed by atoms with Gasteiger partial charge in [-0.1, -0.05) is 0 Å². The first-order valence-electron chi connectivity index (χ1n) is 6.16. The highest BCUT2D eigenvalue weighted by Crippen LogP contribution is 2.27. The van der Waals surface area contributed by atoms with Crippen molar-refractivity contribution in [3.63, 3.8) is 0 Å². The minimum absolute atomic E-state index is 0.0129. The first-order valence-corrected chi connectivity index (χ1v) is 6.16. The van der Waals surface area contributed by atoms with Gasteiger partial charge >= 0.3 is 11.7 Å². The third-order valence-electron chi connectivity index (χ3n) is 3.19. The van der Waals surface area contributed by atoms with Crippen molar-refractivity contribution < 1.29 is 14.8 Å². The molecule has 0 radical (unpaired) electrons. The lowest BCUT2D eigenvalue weighted by Crippen LogP contribution is -2.12. The Labute approximate surface area is 120 Å². The van der Waals surface area contributed by atoms with E-state index in [0.717, 1.165) is 0 Å². The average molecular weight is 290 g/mol. The summed E-state index contributed by atoms with van der Waals surface area (Å²) in [5.41, 5.74) is 1.63. The molecule has 2 aromatic rings. The molecule has 0 saturated heterocycles. The molecule has 0 spiro atoms. The van der Waals surface area contributed by atoms with Crippen LogP contribution >= 0.6 is 0 Å². The van der Waals surface area contributed by atoms with Gasteiger partial charge in [-0.05, 0) is 33.8 Å². The Balaban J connectivity index is 2.82. The molecule has 8 heteroatoms. The molecular weight excluding hydrogens is 276 g/mol. The van der Waals surface area contributed by atoms with E-state index in [-0.39, 0.29) is 28.3 Å². The molecule has 1 N–H and O–H groups in total. The Kier molecular flexibility index (Phi) is 3.46. The monoisotopic (exact) mass is 290 g/mol. The molecule has 110 valence electrons. The second-order valence-corrected chi connectivity index (χ2v) is 4.74. The molecule has 2 heterocycles. The molecule has 0 aliphatic heterocycles. The fourth-order valence-electron chi connectivity index (χ4n) is 2.37.